The number of hydrogen-bond donors (Lipinski definition) is 1. The smallest absolute Gasteiger partial charge is 0.410 e. The van der Waals surface area contributed by atoms with E-state index in [1.165, 1.54) is 25.6 Å². The van der Waals surface area contributed by atoms with E-state index in [4.69, 9.17) is 25.5 Å². The number of carbonyl (C=O) groups excluding carboxylic acids is 1. The lowest BCUT2D eigenvalue weighted by Crippen LogP contribution is -2.58. The van der Waals surface area contributed by atoms with Gasteiger partial charge in [-0.15, -0.1) is 0 Å². The van der Waals surface area contributed by atoms with E-state index in [2.05, 4.69) is 20.1 Å². The van der Waals surface area contributed by atoms with Crippen LogP contribution in [0.4, 0.5) is 26.4 Å². The molecule has 1 aromatic heterocycles. The van der Waals surface area contributed by atoms with Gasteiger partial charge in [0.25, 0.3) is 5.88 Å². The summed E-state index contributed by atoms with van der Waals surface area (Å²) in [6.07, 6.45) is 2.69. The molecular weight excluding hydrogens is 445 g/mol. The molecule has 1 saturated carbocycles. The highest BCUT2D eigenvalue weighted by atomic mass is 19.1. The Morgan fingerprint density at radius 1 is 1.26 bits per heavy atom. The molecule has 0 spiro atoms. The summed E-state index contributed by atoms with van der Waals surface area (Å²) in [6.45, 7) is 8.84. The van der Waals surface area contributed by atoms with Crippen LogP contribution in [0.5, 0.6) is 11.6 Å². The first-order valence-corrected chi connectivity index (χ1v) is 11.1. The maximum atomic E-state index is 14.4. The number of methoxy groups -OCH3 is 1. The van der Waals surface area contributed by atoms with Crippen molar-refractivity contribution in [2.45, 2.75) is 25.0 Å². The summed E-state index contributed by atoms with van der Waals surface area (Å²) in [5.74, 6) is -0.0368. The van der Waals surface area contributed by atoms with Gasteiger partial charge < -0.3 is 29.2 Å². The van der Waals surface area contributed by atoms with E-state index in [0.29, 0.717) is 26.3 Å². The van der Waals surface area contributed by atoms with E-state index in [1.807, 2.05) is 0 Å². The first kappa shape index (κ1) is 22.2. The number of anilines is 2. The van der Waals surface area contributed by atoms with E-state index in [9.17, 15) is 9.18 Å². The first-order chi connectivity index (χ1) is 16.6. The largest absolute Gasteiger partial charge is 0.489 e. The number of aromatic nitrogens is 2. The third-order valence-corrected chi connectivity index (χ3v) is 6.11. The third kappa shape index (κ3) is 4.54. The number of hydrogen-bond acceptors (Lipinski definition) is 8. The molecule has 34 heavy (non-hydrogen) atoms. The Kier molecular flexibility index (Phi) is 6.06. The van der Waals surface area contributed by atoms with Gasteiger partial charge in [-0.25, -0.2) is 19.0 Å². The lowest BCUT2D eigenvalue weighted by molar-refractivity contribution is -0.110. The van der Waals surface area contributed by atoms with Crippen LogP contribution in [0.3, 0.4) is 0 Å². The number of amides is 1. The van der Waals surface area contributed by atoms with Crippen LogP contribution in [0.2, 0.25) is 0 Å². The van der Waals surface area contributed by atoms with Gasteiger partial charge in [-0.1, -0.05) is 6.07 Å². The van der Waals surface area contributed by atoms with Gasteiger partial charge in [-0.2, -0.15) is 4.98 Å². The van der Waals surface area contributed by atoms with Crippen LogP contribution >= 0.6 is 0 Å². The molecule has 2 unspecified atom stereocenters. The average molecular weight is 469 g/mol. The summed E-state index contributed by atoms with van der Waals surface area (Å²) < 4.78 is 37.4. The minimum Gasteiger partial charge on any atom is -0.489 e. The number of ether oxygens (including phenoxy) is 4. The van der Waals surface area contributed by atoms with Gasteiger partial charge in [0.2, 0.25) is 5.75 Å². The zero-order chi connectivity index (χ0) is 23.7. The number of fused-ring (bicyclic) bond motifs is 2. The highest BCUT2D eigenvalue weighted by molar-refractivity contribution is 5.68. The summed E-state index contributed by atoms with van der Waals surface area (Å²) in [5, 5.41) is 2.89. The summed E-state index contributed by atoms with van der Waals surface area (Å²) in [4.78, 5) is 25.8. The lowest BCUT2D eigenvalue weighted by Gasteiger charge is -2.45. The fraction of sp³-hybridized carbons (Fsp3) is 0.478. The lowest BCUT2D eigenvalue weighted by atomic mass is 9.84. The maximum absolute atomic E-state index is 14.4. The zero-order valence-corrected chi connectivity index (χ0v) is 18.6. The van der Waals surface area contributed by atoms with E-state index in [-0.39, 0.29) is 59.0 Å². The Labute approximate surface area is 195 Å². The molecule has 0 radical (unpaired) electrons. The molecule has 5 rings (SSSR count). The van der Waals surface area contributed by atoms with Crippen LogP contribution < -0.4 is 14.8 Å². The number of carbonyl (C=O) groups is 1. The summed E-state index contributed by atoms with van der Waals surface area (Å²) in [6, 6.07) is 4.11. The van der Waals surface area contributed by atoms with Crippen molar-refractivity contribution in [1.82, 2.24) is 14.9 Å². The molecule has 2 atom stereocenters. The Bertz CT molecular complexity index is 1110. The number of rotatable bonds is 6. The molecule has 178 valence electrons. The monoisotopic (exact) mass is 469 g/mol. The van der Waals surface area contributed by atoms with Crippen molar-refractivity contribution in [2.24, 2.45) is 11.8 Å². The van der Waals surface area contributed by atoms with Gasteiger partial charge in [0.15, 0.2) is 11.5 Å². The summed E-state index contributed by atoms with van der Waals surface area (Å²) in [5.41, 5.74) is 0.339. The molecule has 10 nitrogen and oxygen atoms in total. The second kappa shape index (κ2) is 9.30. The Hall–Kier alpha value is -3.65. The number of nitrogens with zero attached hydrogens (tertiary/aromatic N) is 4. The Morgan fingerprint density at radius 3 is 2.68 bits per heavy atom. The van der Waals surface area contributed by atoms with Crippen molar-refractivity contribution in [3.63, 3.8) is 0 Å². The molecule has 1 amide bonds. The average Bonchev–Trinajstić information content (AvgIpc) is 3.64. The van der Waals surface area contributed by atoms with Crippen LogP contribution in [0.15, 0.2) is 24.5 Å². The molecule has 1 aliphatic carbocycles. The van der Waals surface area contributed by atoms with Crippen LogP contribution in [0.1, 0.15) is 12.8 Å². The van der Waals surface area contributed by atoms with Crippen molar-refractivity contribution in [3.8, 4) is 11.6 Å². The fourth-order valence-electron chi connectivity index (χ4n) is 4.29. The second-order valence-electron chi connectivity index (χ2n) is 8.59. The van der Waals surface area contributed by atoms with Gasteiger partial charge >= 0.3 is 6.09 Å². The minimum atomic E-state index is -0.589. The van der Waals surface area contributed by atoms with Gasteiger partial charge in [0.05, 0.1) is 32.6 Å². The van der Waals surface area contributed by atoms with Gasteiger partial charge in [-0.05, 0) is 25.0 Å². The molecule has 1 N–H and O–H groups in total. The normalized spacial score (nSPS) is 23.6. The van der Waals surface area contributed by atoms with Crippen molar-refractivity contribution in [3.05, 3.63) is 41.8 Å². The number of halogens is 1. The van der Waals surface area contributed by atoms with Crippen molar-refractivity contribution >= 4 is 23.3 Å². The highest BCUT2D eigenvalue weighted by Gasteiger charge is 2.45. The van der Waals surface area contributed by atoms with Crippen LogP contribution in [0.25, 0.3) is 4.85 Å². The predicted octanol–water partition coefficient (Wildman–Crippen LogP) is 3.54. The van der Waals surface area contributed by atoms with Gasteiger partial charge in [0, 0.05) is 24.9 Å². The Morgan fingerprint density at radius 2 is 2.03 bits per heavy atom. The van der Waals surface area contributed by atoms with E-state index < -0.39 is 5.82 Å². The third-order valence-electron chi connectivity index (χ3n) is 6.11. The van der Waals surface area contributed by atoms with Gasteiger partial charge in [0.1, 0.15) is 24.4 Å². The van der Waals surface area contributed by atoms with Crippen molar-refractivity contribution in [2.75, 3.05) is 38.7 Å². The molecule has 1 aromatic carbocycles. The van der Waals surface area contributed by atoms with E-state index in [1.54, 1.807) is 4.90 Å². The SMILES string of the molecule is [C-]#[N+]c1ccc(Nc2ncnc(OC3C4COCC3CN(C(=O)OC3CC3)C4)c2OC)c(F)c1. The van der Waals surface area contributed by atoms with Gasteiger partial charge in [-0.3, -0.25) is 0 Å². The molecule has 3 aliphatic rings. The number of likely N-dealkylation sites (tertiary alicyclic amines) is 1. The van der Waals surface area contributed by atoms with Crippen LogP contribution in [-0.4, -0.2) is 66.6 Å². The molecule has 11 heteroatoms. The predicted molar refractivity (Wildman–Crippen MR) is 118 cm³/mol. The molecule has 3 fully saturated rings. The fourth-order valence-corrected chi connectivity index (χ4v) is 4.29. The van der Waals surface area contributed by atoms with E-state index >= 15 is 0 Å². The number of nitrogens with one attached hydrogen (secondary N) is 1. The van der Waals surface area contributed by atoms with Crippen LogP contribution in [0, 0.1) is 24.2 Å². The first-order valence-electron chi connectivity index (χ1n) is 11.1. The Balaban J connectivity index is 1.33. The minimum absolute atomic E-state index is 0.0520. The molecule has 2 aromatic rings. The number of benzene rings is 1. The number of piperidine rings is 1. The molecule has 2 saturated heterocycles. The standard InChI is InChI=1S/C23H24FN5O5/c1-25-15-3-6-18(17(24)7-15)28-21-20(31-2)22(27-12-26-21)34-19-13-8-29(9-14(19)11-32-10-13)23(30)33-16-4-5-16/h3,6-7,12-14,16,19H,4-5,8-11H2,2H3,(H,26,27,28). The summed E-state index contributed by atoms with van der Waals surface area (Å²) >= 11 is 0. The second-order valence-corrected chi connectivity index (χ2v) is 8.59. The quantitative estimate of drug-likeness (QED) is 0.642. The van der Waals surface area contributed by atoms with Crippen LogP contribution in [-0.2, 0) is 9.47 Å². The topological polar surface area (TPSA) is 99.4 Å². The molecular formula is C23H24FN5O5. The zero-order valence-electron chi connectivity index (χ0n) is 18.6. The molecule has 3 heterocycles. The molecule has 2 bridgehead atoms. The van der Waals surface area contributed by atoms with Crippen molar-refractivity contribution < 1.29 is 28.1 Å². The highest BCUT2D eigenvalue weighted by Crippen LogP contribution is 2.38. The van der Waals surface area contributed by atoms with Crippen molar-refractivity contribution in [1.29, 1.82) is 0 Å². The van der Waals surface area contributed by atoms with E-state index in [0.717, 1.165) is 18.9 Å². The maximum Gasteiger partial charge on any atom is 0.410 e. The molecule has 2 aliphatic heterocycles. The summed E-state index contributed by atoms with van der Waals surface area (Å²) in [7, 11) is 1.45.